The first kappa shape index (κ1) is 13.6. The number of hydrogen-bond acceptors (Lipinski definition) is 4. The van der Waals surface area contributed by atoms with Crippen LogP contribution in [0.5, 0.6) is 5.75 Å². The minimum Gasteiger partial charge on any atom is -0.494 e. The molecule has 3 rings (SSSR count). The number of methoxy groups -OCH3 is 1. The average Bonchev–Trinajstić information content (AvgIpc) is 3.16. The second-order valence-corrected chi connectivity index (χ2v) is 4.84. The molecule has 0 radical (unpaired) electrons. The highest BCUT2D eigenvalue weighted by Crippen LogP contribution is 2.32. The van der Waals surface area contributed by atoms with Crippen LogP contribution < -0.4 is 4.74 Å². The van der Waals surface area contributed by atoms with Crippen LogP contribution in [0.2, 0.25) is 0 Å². The molecule has 1 N–H and O–H groups in total. The number of hydrogen-bond donors (Lipinski definition) is 1. The summed E-state index contributed by atoms with van der Waals surface area (Å²) in [5, 5.41) is 13.4. The van der Waals surface area contributed by atoms with Crippen molar-refractivity contribution in [3.05, 3.63) is 41.7 Å². The van der Waals surface area contributed by atoms with Crippen molar-refractivity contribution in [2.75, 3.05) is 13.7 Å². The summed E-state index contributed by atoms with van der Waals surface area (Å²) in [4.78, 5) is 11.2. The number of benzene rings is 1. The Morgan fingerprint density at radius 2 is 2.29 bits per heavy atom. The Morgan fingerprint density at radius 3 is 2.95 bits per heavy atom. The predicted molar refractivity (Wildman–Crippen MR) is 75.0 cm³/mol. The second kappa shape index (κ2) is 5.57. The molecule has 0 amide bonds. The van der Waals surface area contributed by atoms with Crippen LogP contribution >= 0.6 is 0 Å². The molecular weight excluding hydrogens is 272 g/mol. The van der Waals surface area contributed by atoms with Crippen LogP contribution in [0.4, 0.5) is 0 Å². The Morgan fingerprint density at radius 1 is 1.48 bits per heavy atom. The molecule has 6 heteroatoms. The Labute approximate surface area is 121 Å². The largest absolute Gasteiger partial charge is 0.494 e. The molecule has 1 aromatic carbocycles. The fourth-order valence-corrected chi connectivity index (χ4v) is 2.54. The van der Waals surface area contributed by atoms with Gasteiger partial charge in [-0.3, -0.25) is 0 Å². The summed E-state index contributed by atoms with van der Waals surface area (Å²) in [6, 6.07) is 8.95. The van der Waals surface area contributed by atoms with Gasteiger partial charge in [0, 0.05) is 6.61 Å². The summed E-state index contributed by atoms with van der Waals surface area (Å²) in [5.74, 6) is -0.417. The second-order valence-electron chi connectivity index (χ2n) is 4.84. The lowest BCUT2D eigenvalue weighted by Gasteiger charge is -2.14. The molecule has 0 spiro atoms. The molecule has 0 aliphatic carbocycles. The molecule has 1 aliphatic heterocycles. The number of nitrogens with zero attached hydrogens (tertiary/aromatic N) is 2. The van der Waals surface area contributed by atoms with Gasteiger partial charge in [0.2, 0.25) is 0 Å². The smallest absolute Gasteiger partial charge is 0.356 e. The molecule has 21 heavy (non-hydrogen) atoms. The summed E-state index contributed by atoms with van der Waals surface area (Å²) < 4.78 is 12.6. The molecule has 1 aliphatic rings. The Hall–Kier alpha value is -2.34. The van der Waals surface area contributed by atoms with E-state index in [1.54, 1.807) is 17.9 Å². The van der Waals surface area contributed by atoms with Crippen molar-refractivity contribution in [1.29, 1.82) is 0 Å². The predicted octanol–water partition coefficient (Wildman–Crippen LogP) is 2.43. The van der Waals surface area contributed by atoms with E-state index in [0.29, 0.717) is 18.0 Å². The van der Waals surface area contributed by atoms with Gasteiger partial charge >= 0.3 is 5.97 Å². The van der Waals surface area contributed by atoms with E-state index in [0.717, 1.165) is 18.5 Å². The van der Waals surface area contributed by atoms with E-state index in [2.05, 4.69) is 5.10 Å². The summed E-state index contributed by atoms with van der Waals surface area (Å²) in [7, 11) is 1.58. The summed E-state index contributed by atoms with van der Waals surface area (Å²) >= 11 is 0. The first-order valence-electron chi connectivity index (χ1n) is 6.79. The van der Waals surface area contributed by atoms with Gasteiger partial charge in [-0.25, -0.2) is 9.48 Å². The molecule has 1 unspecified atom stereocenters. The molecule has 1 saturated heterocycles. The first-order chi connectivity index (χ1) is 10.2. The monoisotopic (exact) mass is 288 g/mol. The van der Waals surface area contributed by atoms with Gasteiger partial charge in [-0.1, -0.05) is 12.1 Å². The van der Waals surface area contributed by atoms with Gasteiger partial charge < -0.3 is 14.6 Å². The van der Waals surface area contributed by atoms with Gasteiger partial charge in [-0.15, -0.1) is 0 Å². The van der Waals surface area contributed by atoms with Crippen LogP contribution in [0, 0.1) is 0 Å². The molecule has 110 valence electrons. The minimum atomic E-state index is -1.05. The molecule has 6 nitrogen and oxygen atoms in total. The van der Waals surface area contributed by atoms with Crippen LogP contribution in [0.15, 0.2) is 30.3 Å². The van der Waals surface area contributed by atoms with E-state index in [4.69, 9.17) is 9.47 Å². The molecule has 1 fully saturated rings. The highest BCUT2D eigenvalue weighted by atomic mass is 16.5. The lowest BCUT2D eigenvalue weighted by molar-refractivity contribution is 0.0690. The molecular formula is C15H16N2O4. The third-order valence-electron chi connectivity index (χ3n) is 3.53. The standard InChI is InChI=1S/C15H16N2O4/c1-20-13-6-3-2-5-11(13)17-12(14-7-4-8-21-14)9-10(16-17)15(18)19/h2-3,5-6,9,14H,4,7-8H2,1H3,(H,18,19). The molecule has 2 heterocycles. The topological polar surface area (TPSA) is 73.6 Å². The maximum atomic E-state index is 11.2. The summed E-state index contributed by atoms with van der Waals surface area (Å²) in [6.07, 6.45) is 1.69. The molecule has 0 bridgehead atoms. The normalized spacial score (nSPS) is 17.9. The number of ether oxygens (including phenoxy) is 2. The Balaban J connectivity index is 2.13. The van der Waals surface area contributed by atoms with E-state index in [9.17, 15) is 9.90 Å². The Kier molecular flexibility index (Phi) is 3.62. The fourth-order valence-electron chi connectivity index (χ4n) is 2.54. The lowest BCUT2D eigenvalue weighted by atomic mass is 10.1. The number of carboxylic acids is 1. The third kappa shape index (κ3) is 2.50. The van der Waals surface area contributed by atoms with E-state index in [1.807, 2.05) is 24.3 Å². The zero-order chi connectivity index (χ0) is 14.8. The average molecular weight is 288 g/mol. The van der Waals surface area contributed by atoms with Crippen molar-refractivity contribution in [2.45, 2.75) is 18.9 Å². The van der Waals surface area contributed by atoms with E-state index < -0.39 is 5.97 Å². The zero-order valence-electron chi connectivity index (χ0n) is 11.7. The van der Waals surface area contributed by atoms with Gasteiger partial charge in [-0.05, 0) is 31.0 Å². The van der Waals surface area contributed by atoms with E-state index >= 15 is 0 Å². The number of aromatic carboxylic acids is 1. The van der Waals surface area contributed by atoms with Gasteiger partial charge in [-0.2, -0.15) is 5.10 Å². The van der Waals surface area contributed by atoms with Crippen molar-refractivity contribution in [1.82, 2.24) is 9.78 Å². The van der Waals surface area contributed by atoms with Crippen molar-refractivity contribution in [3.8, 4) is 11.4 Å². The zero-order valence-corrected chi connectivity index (χ0v) is 11.7. The van der Waals surface area contributed by atoms with Gasteiger partial charge in [0.15, 0.2) is 5.69 Å². The first-order valence-corrected chi connectivity index (χ1v) is 6.79. The fraction of sp³-hybridized carbons (Fsp3) is 0.333. The van der Waals surface area contributed by atoms with Crippen LogP contribution in [-0.4, -0.2) is 34.6 Å². The van der Waals surface area contributed by atoms with Crippen molar-refractivity contribution in [3.63, 3.8) is 0 Å². The summed E-state index contributed by atoms with van der Waals surface area (Å²) in [6.45, 7) is 0.685. The maximum absolute atomic E-state index is 11.2. The third-order valence-corrected chi connectivity index (χ3v) is 3.53. The number of para-hydroxylation sites is 2. The van der Waals surface area contributed by atoms with E-state index in [-0.39, 0.29) is 11.8 Å². The number of carboxylic acid groups (broad SMARTS) is 1. The molecule has 2 aromatic rings. The van der Waals surface area contributed by atoms with Crippen LogP contribution in [0.25, 0.3) is 5.69 Å². The van der Waals surface area contributed by atoms with Gasteiger partial charge in [0.25, 0.3) is 0 Å². The Bertz CT molecular complexity index is 659. The van der Waals surface area contributed by atoms with E-state index in [1.165, 1.54) is 0 Å². The highest BCUT2D eigenvalue weighted by molar-refractivity contribution is 5.85. The van der Waals surface area contributed by atoms with Crippen molar-refractivity contribution < 1.29 is 19.4 Å². The van der Waals surface area contributed by atoms with Gasteiger partial charge in [0.05, 0.1) is 18.9 Å². The minimum absolute atomic E-state index is 0.00593. The van der Waals surface area contributed by atoms with Gasteiger partial charge in [0.1, 0.15) is 11.4 Å². The SMILES string of the molecule is COc1ccccc1-n1nc(C(=O)O)cc1C1CCCO1. The van der Waals surface area contributed by atoms with Crippen LogP contribution in [-0.2, 0) is 4.74 Å². The number of rotatable bonds is 4. The van der Waals surface area contributed by atoms with Crippen LogP contribution in [0.1, 0.15) is 35.1 Å². The number of carbonyl (C=O) groups is 1. The van der Waals surface area contributed by atoms with Crippen molar-refractivity contribution in [2.24, 2.45) is 0 Å². The molecule has 1 aromatic heterocycles. The summed E-state index contributed by atoms with van der Waals surface area (Å²) in [5.41, 5.74) is 1.46. The number of aromatic nitrogens is 2. The maximum Gasteiger partial charge on any atom is 0.356 e. The molecule has 1 atom stereocenters. The van der Waals surface area contributed by atoms with Crippen molar-refractivity contribution >= 4 is 5.97 Å². The highest BCUT2D eigenvalue weighted by Gasteiger charge is 2.26. The van der Waals surface area contributed by atoms with Crippen LogP contribution in [0.3, 0.4) is 0 Å². The molecule has 0 saturated carbocycles. The quantitative estimate of drug-likeness (QED) is 0.935. The lowest BCUT2D eigenvalue weighted by Crippen LogP contribution is -2.08.